The molecule has 0 atom stereocenters. The number of nitrogens with zero attached hydrogens (tertiary/aromatic N) is 4. The molecule has 5 nitrogen and oxygen atoms in total. The molecular weight excluding hydrogens is 480 g/mol. The summed E-state index contributed by atoms with van der Waals surface area (Å²) < 4.78 is 0. The second-order valence-electron chi connectivity index (χ2n) is 10.4. The zero-order valence-corrected chi connectivity index (χ0v) is 22.2. The largest absolute Gasteiger partial charge is 0.303 e. The first kappa shape index (κ1) is 25.2. The van der Waals surface area contributed by atoms with Crippen molar-refractivity contribution < 1.29 is 4.79 Å². The normalized spacial score (nSPS) is 17.8. The molecule has 3 aromatic carbocycles. The van der Waals surface area contributed by atoms with E-state index in [0.29, 0.717) is 18.3 Å². The third kappa shape index (κ3) is 5.02. The number of hydrogen-bond donors (Lipinski definition) is 0. The third-order valence-corrected chi connectivity index (χ3v) is 8.08. The highest BCUT2D eigenvalue weighted by atomic mass is 16.2. The van der Waals surface area contributed by atoms with Gasteiger partial charge in [0, 0.05) is 12.7 Å². The van der Waals surface area contributed by atoms with E-state index in [-0.39, 0.29) is 5.91 Å². The lowest BCUT2D eigenvalue weighted by Crippen LogP contribution is -2.43. The highest BCUT2D eigenvalue weighted by Crippen LogP contribution is 2.41. The molecule has 4 aromatic rings. The zero-order valence-electron chi connectivity index (χ0n) is 22.2. The van der Waals surface area contributed by atoms with Crippen LogP contribution in [-0.4, -0.2) is 52.7 Å². The number of amidine groups is 1. The summed E-state index contributed by atoms with van der Waals surface area (Å²) in [6.07, 6.45) is 5.01. The fourth-order valence-corrected chi connectivity index (χ4v) is 6.03. The summed E-state index contributed by atoms with van der Waals surface area (Å²) in [7, 11) is 0. The van der Waals surface area contributed by atoms with Crippen LogP contribution in [0.1, 0.15) is 47.6 Å². The van der Waals surface area contributed by atoms with Gasteiger partial charge in [-0.15, -0.1) is 0 Å². The number of amides is 1. The number of carbonyl (C=O) groups excluding carboxylic acids is 1. The Hall–Kier alpha value is -4.09. The van der Waals surface area contributed by atoms with Gasteiger partial charge in [0.1, 0.15) is 5.69 Å². The topological polar surface area (TPSA) is 48.8 Å². The minimum absolute atomic E-state index is 0.0108. The van der Waals surface area contributed by atoms with E-state index in [0.717, 1.165) is 42.9 Å². The monoisotopic (exact) mass is 514 g/mol. The molecule has 2 aliphatic heterocycles. The van der Waals surface area contributed by atoms with Gasteiger partial charge in [0.15, 0.2) is 11.4 Å². The maximum absolute atomic E-state index is 14.5. The highest BCUT2D eigenvalue weighted by molar-refractivity contribution is 6.16. The number of pyridine rings is 1. The first-order chi connectivity index (χ1) is 19.3. The van der Waals surface area contributed by atoms with E-state index in [1.54, 1.807) is 6.20 Å². The van der Waals surface area contributed by atoms with Crippen LogP contribution >= 0.6 is 0 Å². The first-order valence-corrected chi connectivity index (χ1v) is 14.0. The molecular formula is C34H34N4O. The SMILES string of the molecule is O=C1N(CCCN2CCC(c3ccccc3)CC2)C(c2ccccn2)=NC1(c1ccccc1)c1ccccc1. The molecule has 0 bridgehead atoms. The summed E-state index contributed by atoms with van der Waals surface area (Å²) >= 11 is 0. The van der Waals surface area contributed by atoms with Crippen LogP contribution in [0.15, 0.2) is 120 Å². The number of piperidine rings is 1. The minimum Gasteiger partial charge on any atom is -0.303 e. The number of rotatable bonds is 8. The van der Waals surface area contributed by atoms with Gasteiger partial charge in [-0.05, 0) is 73.6 Å². The van der Waals surface area contributed by atoms with Crippen molar-refractivity contribution in [2.45, 2.75) is 30.7 Å². The molecule has 1 amide bonds. The first-order valence-electron chi connectivity index (χ1n) is 14.0. The molecule has 3 heterocycles. The lowest BCUT2D eigenvalue weighted by Gasteiger charge is -2.33. The summed E-state index contributed by atoms with van der Waals surface area (Å²) in [4.78, 5) is 28.7. The molecule has 6 rings (SSSR count). The molecule has 0 spiro atoms. The Kier molecular flexibility index (Phi) is 7.33. The summed E-state index contributed by atoms with van der Waals surface area (Å²) in [5.74, 6) is 1.28. The van der Waals surface area contributed by atoms with Crippen molar-refractivity contribution in [2.75, 3.05) is 26.2 Å². The van der Waals surface area contributed by atoms with Crippen molar-refractivity contribution in [1.29, 1.82) is 0 Å². The van der Waals surface area contributed by atoms with E-state index in [9.17, 15) is 4.79 Å². The van der Waals surface area contributed by atoms with Crippen molar-refractivity contribution in [2.24, 2.45) is 4.99 Å². The van der Waals surface area contributed by atoms with Gasteiger partial charge in [-0.3, -0.25) is 14.7 Å². The standard InChI is InChI=1S/C34H34N4O/c39-33-34(29-15-6-2-7-16-29,30-17-8-3-9-18-30)36-32(31-19-10-11-22-35-31)38(33)24-12-23-37-25-20-28(21-26-37)27-13-4-1-5-14-27/h1-11,13-19,22,28H,12,20-21,23-26H2. The van der Waals surface area contributed by atoms with Crippen LogP contribution in [0.5, 0.6) is 0 Å². The van der Waals surface area contributed by atoms with Gasteiger partial charge in [0.25, 0.3) is 5.91 Å². The van der Waals surface area contributed by atoms with Crippen LogP contribution < -0.4 is 0 Å². The molecule has 39 heavy (non-hydrogen) atoms. The van der Waals surface area contributed by atoms with Gasteiger partial charge in [0.05, 0.1) is 0 Å². The Morgan fingerprint density at radius 1 is 0.718 bits per heavy atom. The van der Waals surface area contributed by atoms with Crippen LogP contribution in [0.4, 0.5) is 0 Å². The number of likely N-dealkylation sites (tertiary alicyclic amines) is 1. The van der Waals surface area contributed by atoms with Crippen molar-refractivity contribution in [1.82, 2.24) is 14.8 Å². The number of hydrogen-bond acceptors (Lipinski definition) is 4. The van der Waals surface area contributed by atoms with E-state index in [1.807, 2.05) is 83.8 Å². The van der Waals surface area contributed by atoms with E-state index in [1.165, 1.54) is 18.4 Å². The third-order valence-electron chi connectivity index (χ3n) is 8.08. The molecule has 1 aromatic heterocycles. The predicted molar refractivity (Wildman–Crippen MR) is 156 cm³/mol. The van der Waals surface area contributed by atoms with Crippen LogP contribution in [-0.2, 0) is 10.3 Å². The fourth-order valence-electron chi connectivity index (χ4n) is 6.03. The van der Waals surface area contributed by atoms with Gasteiger partial charge in [0.2, 0.25) is 0 Å². The average molecular weight is 515 g/mol. The number of carbonyl (C=O) groups is 1. The Balaban J connectivity index is 1.23. The smallest absolute Gasteiger partial charge is 0.265 e. The van der Waals surface area contributed by atoms with E-state index >= 15 is 0 Å². The quantitative estimate of drug-likeness (QED) is 0.295. The summed E-state index contributed by atoms with van der Waals surface area (Å²) in [6.45, 7) is 3.75. The molecule has 0 radical (unpaired) electrons. The highest BCUT2D eigenvalue weighted by Gasteiger charge is 2.51. The molecule has 0 aliphatic carbocycles. The molecule has 0 unspecified atom stereocenters. The van der Waals surface area contributed by atoms with Crippen molar-refractivity contribution in [3.63, 3.8) is 0 Å². The predicted octanol–water partition coefficient (Wildman–Crippen LogP) is 5.88. The second-order valence-corrected chi connectivity index (χ2v) is 10.4. The maximum Gasteiger partial charge on any atom is 0.265 e. The van der Waals surface area contributed by atoms with Crippen molar-refractivity contribution in [3.05, 3.63) is 138 Å². The average Bonchev–Trinajstić information content (AvgIpc) is 3.32. The van der Waals surface area contributed by atoms with Gasteiger partial charge < -0.3 is 4.90 Å². The molecule has 196 valence electrons. The Labute approximate surface area is 230 Å². The van der Waals surface area contributed by atoms with Crippen LogP contribution in [0.3, 0.4) is 0 Å². The molecule has 1 saturated heterocycles. The Bertz CT molecular complexity index is 1360. The maximum atomic E-state index is 14.5. The van der Waals surface area contributed by atoms with E-state index in [4.69, 9.17) is 4.99 Å². The molecule has 5 heteroatoms. The number of aromatic nitrogens is 1. The summed E-state index contributed by atoms with van der Waals surface area (Å²) in [5, 5.41) is 0. The number of aliphatic imine (C=N–C) groups is 1. The van der Waals surface area contributed by atoms with Crippen LogP contribution in [0, 0.1) is 0 Å². The number of benzene rings is 3. The van der Waals surface area contributed by atoms with Crippen molar-refractivity contribution in [3.8, 4) is 0 Å². The lowest BCUT2D eigenvalue weighted by atomic mass is 9.83. The molecule has 2 aliphatic rings. The van der Waals surface area contributed by atoms with Crippen molar-refractivity contribution >= 4 is 11.7 Å². The summed E-state index contributed by atoms with van der Waals surface area (Å²) in [6, 6.07) is 36.5. The second kappa shape index (κ2) is 11.3. The Morgan fingerprint density at radius 2 is 1.31 bits per heavy atom. The molecule has 0 N–H and O–H groups in total. The van der Waals surface area contributed by atoms with E-state index in [2.05, 4.69) is 40.2 Å². The van der Waals surface area contributed by atoms with Gasteiger partial charge >= 0.3 is 0 Å². The fraction of sp³-hybridized carbons (Fsp3) is 0.265. The Morgan fingerprint density at radius 3 is 1.90 bits per heavy atom. The van der Waals surface area contributed by atoms with E-state index < -0.39 is 5.54 Å². The van der Waals surface area contributed by atoms with Gasteiger partial charge in [-0.2, -0.15) is 0 Å². The van der Waals surface area contributed by atoms with Crippen LogP contribution in [0.2, 0.25) is 0 Å². The zero-order chi connectivity index (χ0) is 26.5. The summed E-state index contributed by atoms with van der Waals surface area (Å²) in [5.41, 5.74) is 2.81. The van der Waals surface area contributed by atoms with Gasteiger partial charge in [-0.1, -0.05) is 97.1 Å². The molecule has 1 fully saturated rings. The lowest BCUT2D eigenvalue weighted by molar-refractivity contribution is -0.130. The van der Waals surface area contributed by atoms with Crippen LogP contribution in [0.25, 0.3) is 0 Å². The van der Waals surface area contributed by atoms with Gasteiger partial charge in [-0.25, -0.2) is 4.99 Å². The molecule has 0 saturated carbocycles. The minimum atomic E-state index is -1.12.